The number of allylic oxidation sites excluding steroid dienone is 1. The number of hydrogen-bond donors (Lipinski definition) is 1. The smallest absolute Gasteiger partial charge is 0.0206 e. The van der Waals surface area contributed by atoms with E-state index in [4.69, 9.17) is 5.41 Å². The molecule has 0 atom stereocenters. The van der Waals surface area contributed by atoms with Crippen molar-refractivity contribution >= 4 is 6.21 Å². The Morgan fingerprint density at radius 1 is 1.71 bits per heavy atom. The summed E-state index contributed by atoms with van der Waals surface area (Å²) in [5, 5.41) is 6.71. The summed E-state index contributed by atoms with van der Waals surface area (Å²) < 4.78 is 0. The molecular weight excluding hydrogens is 86.1 g/mol. The molecule has 40 valence electrons. The van der Waals surface area contributed by atoms with Crippen LogP contribution in [0.4, 0.5) is 0 Å². The predicted octanol–water partition coefficient (Wildman–Crippen LogP) is 1.85. The first-order valence-corrected chi connectivity index (χ1v) is 2.37. The maximum absolute atomic E-state index is 6.71. The highest BCUT2D eigenvalue weighted by Gasteiger charge is 1.91. The average molecular weight is 97.2 g/mol. The van der Waals surface area contributed by atoms with Crippen LogP contribution in [0.1, 0.15) is 13.8 Å². The zero-order valence-corrected chi connectivity index (χ0v) is 4.86. The van der Waals surface area contributed by atoms with Crippen LogP contribution in [0.5, 0.6) is 0 Å². The molecule has 7 heavy (non-hydrogen) atoms. The van der Waals surface area contributed by atoms with Crippen molar-refractivity contribution in [3.8, 4) is 0 Å². The third-order valence-electron chi connectivity index (χ3n) is 0.927. The van der Waals surface area contributed by atoms with Crippen molar-refractivity contribution in [1.29, 1.82) is 5.41 Å². The van der Waals surface area contributed by atoms with E-state index in [1.807, 2.05) is 13.8 Å². The maximum Gasteiger partial charge on any atom is 0.0206 e. The molecule has 1 nitrogen and oxygen atoms in total. The fourth-order valence-corrected chi connectivity index (χ4v) is 0.167. The standard InChI is InChI=1S/C6H11N/c1-5(2)6(3)4-7/h4-5,7H,3H2,1-2H3. The van der Waals surface area contributed by atoms with Gasteiger partial charge in [-0.05, 0) is 11.5 Å². The Hall–Kier alpha value is -0.590. The van der Waals surface area contributed by atoms with Crippen LogP contribution < -0.4 is 0 Å². The van der Waals surface area contributed by atoms with Gasteiger partial charge in [-0.25, -0.2) is 0 Å². The Labute approximate surface area is 44.6 Å². The molecule has 0 aliphatic carbocycles. The lowest BCUT2D eigenvalue weighted by Crippen LogP contribution is -1.90. The van der Waals surface area contributed by atoms with Crippen LogP contribution in [0.15, 0.2) is 12.2 Å². The Bertz CT molecular complexity index is 82.2. The zero-order chi connectivity index (χ0) is 5.86. The summed E-state index contributed by atoms with van der Waals surface area (Å²) in [6.07, 6.45) is 1.30. The minimum atomic E-state index is 0.428. The molecule has 0 spiro atoms. The van der Waals surface area contributed by atoms with Crippen LogP contribution in [-0.2, 0) is 0 Å². The third-order valence-corrected chi connectivity index (χ3v) is 0.927. The van der Waals surface area contributed by atoms with Crippen LogP contribution in [0.2, 0.25) is 0 Å². The van der Waals surface area contributed by atoms with Crippen molar-refractivity contribution in [2.45, 2.75) is 13.8 Å². The first kappa shape index (κ1) is 6.41. The van der Waals surface area contributed by atoms with Gasteiger partial charge in [0.1, 0.15) is 0 Å². The summed E-state index contributed by atoms with van der Waals surface area (Å²) in [4.78, 5) is 0. The second kappa shape index (κ2) is 2.56. The van der Waals surface area contributed by atoms with Crippen molar-refractivity contribution in [3.05, 3.63) is 12.2 Å². The van der Waals surface area contributed by atoms with E-state index in [0.717, 1.165) is 5.57 Å². The summed E-state index contributed by atoms with van der Waals surface area (Å²) in [6, 6.07) is 0. The minimum absolute atomic E-state index is 0.428. The SMILES string of the molecule is C=C(C=N)C(C)C. The lowest BCUT2D eigenvalue weighted by Gasteiger charge is -1.98. The highest BCUT2D eigenvalue weighted by atomic mass is 14.3. The van der Waals surface area contributed by atoms with E-state index in [2.05, 4.69) is 6.58 Å². The second-order valence-corrected chi connectivity index (χ2v) is 1.87. The molecular formula is C6H11N. The monoisotopic (exact) mass is 97.1 g/mol. The highest BCUT2D eigenvalue weighted by Crippen LogP contribution is 2.00. The van der Waals surface area contributed by atoms with E-state index < -0.39 is 0 Å². The van der Waals surface area contributed by atoms with Gasteiger partial charge in [0.05, 0.1) is 0 Å². The Morgan fingerprint density at radius 2 is 2.14 bits per heavy atom. The molecule has 0 aromatic heterocycles. The Kier molecular flexibility index (Phi) is 2.34. The van der Waals surface area contributed by atoms with Crippen LogP contribution in [-0.4, -0.2) is 6.21 Å². The van der Waals surface area contributed by atoms with Gasteiger partial charge in [-0.1, -0.05) is 20.4 Å². The molecule has 1 heteroatoms. The Morgan fingerprint density at radius 3 is 2.14 bits per heavy atom. The topological polar surface area (TPSA) is 23.9 Å². The van der Waals surface area contributed by atoms with Crippen molar-refractivity contribution < 1.29 is 0 Å². The van der Waals surface area contributed by atoms with Gasteiger partial charge in [-0.15, -0.1) is 0 Å². The van der Waals surface area contributed by atoms with Crippen molar-refractivity contribution in [3.63, 3.8) is 0 Å². The normalized spacial score (nSPS) is 9.00. The molecule has 0 aromatic carbocycles. The predicted molar refractivity (Wildman–Crippen MR) is 32.8 cm³/mol. The lowest BCUT2D eigenvalue weighted by atomic mass is 10.1. The van der Waals surface area contributed by atoms with Gasteiger partial charge in [-0.3, -0.25) is 0 Å². The van der Waals surface area contributed by atoms with Crippen molar-refractivity contribution in [2.24, 2.45) is 5.92 Å². The summed E-state index contributed by atoms with van der Waals surface area (Å²) >= 11 is 0. The van der Waals surface area contributed by atoms with Crippen LogP contribution in [0.3, 0.4) is 0 Å². The zero-order valence-electron chi connectivity index (χ0n) is 4.86. The number of rotatable bonds is 2. The molecule has 1 N–H and O–H groups in total. The number of hydrogen-bond acceptors (Lipinski definition) is 1. The maximum atomic E-state index is 6.71. The van der Waals surface area contributed by atoms with Gasteiger partial charge in [0.25, 0.3) is 0 Å². The van der Waals surface area contributed by atoms with Gasteiger partial charge in [0.15, 0.2) is 0 Å². The summed E-state index contributed by atoms with van der Waals surface area (Å²) in [6.45, 7) is 7.67. The molecule has 0 rings (SSSR count). The van der Waals surface area contributed by atoms with E-state index in [1.165, 1.54) is 6.21 Å². The molecule has 0 radical (unpaired) electrons. The first-order valence-electron chi connectivity index (χ1n) is 2.37. The molecule has 0 heterocycles. The summed E-state index contributed by atoms with van der Waals surface area (Å²) in [5.41, 5.74) is 0.889. The molecule has 0 aromatic rings. The third kappa shape index (κ3) is 2.15. The largest absolute Gasteiger partial charge is 0.308 e. The molecule has 0 saturated heterocycles. The first-order chi connectivity index (χ1) is 3.18. The second-order valence-electron chi connectivity index (χ2n) is 1.87. The van der Waals surface area contributed by atoms with Crippen molar-refractivity contribution in [1.82, 2.24) is 0 Å². The van der Waals surface area contributed by atoms with Crippen LogP contribution in [0, 0.1) is 11.3 Å². The molecule has 0 aliphatic heterocycles. The molecule has 0 amide bonds. The van der Waals surface area contributed by atoms with Gasteiger partial charge >= 0.3 is 0 Å². The minimum Gasteiger partial charge on any atom is -0.308 e. The Balaban J connectivity index is 3.56. The molecule has 0 unspecified atom stereocenters. The van der Waals surface area contributed by atoms with E-state index in [-0.39, 0.29) is 0 Å². The van der Waals surface area contributed by atoms with Gasteiger partial charge < -0.3 is 5.41 Å². The van der Waals surface area contributed by atoms with Crippen molar-refractivity contribution in [2.75, 3.05) is 0 Å². The number of nitrogens with one attached hydrogen (secondary N) is 1. The summed E-state index contributed by atoms with van der Waals surface area (Å²) in [7, 11) is 0. The van der Waals surface area contributed by atoms with E-state index in [1.54, 1.807) is 0 Å². The molecule has 0 aliphatic rings. The van der Waals surface area contributed by atoms with E-state index in [9.17, 15) is 0 Å². The van der Waals surface area contributed by atoms with Gasteiger partial charge in [0, 0.05) is 6.21 Å². The fraction of sp³-hybridized carbons (Fsp3) is 0.500. The van der Waals surface area contributed by atoms with E-state index in [0.29, 0.717) is 5.92 Å². The molecule has 0 bridgehead atoms. The highest BCUT2D eigenvalue weighted by molar-refractivity contribution is 5.75. The van der Waals surface area contributed by atoms with Gasteiger partial charge in [-0.2, -0.15) is 0 Å². The lowest BCUT2D eigenvalue weighted by molar-refractivity contribution is 0.809. The van der Waals surface area contributed by atoms with Crippen LogP contribution in [0.25, 0.3) is 0 Å². The molecule has 0 fully saturated rings. The van der Waals surface area contributed by atoms with Crippen LogP contribution >= 0.6 is 0 Å². The van der Waals surface area contributed by atoms with Gasteiger partial charge in [0.2, 0.25) is 0 Å². The fourth-order valence-electron chi connectivity index (χ4n) is 0.167. The van der Waals surface area contributed by atoms with E-state index >= 15 is 0 Å². The molecule has 0 saturated carbocycles. The average Bonchev–Trinajstić information content (AvgIpc) is 1.65. The quantitative estimate of drug-likeness (QED) is 0.508. The summed E-state index contributed by atoms with van der Waals surface area (Å²) in [5.74, 6) is 0.428.